The number of piperidine rings is 1. The first-order valence-corrected chi connectivity index (χ1v) is 10.3. The summed E-state index contributed by atoms with van der Waals surface area (Å²) in [7, 11) is 0. The van der Waals surface area contributed by atoms with E-state index < -0.39 is 11.9 Å². The largest absolute Gasteiger partial charge is 0.462 e. The van der Waals surface area contributed by atoms with Gasteiger partial charge in [0.1, 0.15) is 9.88 Å². The second-order valence-electron chi connectivity index (χ2n) is 6.86. The molecule has 2 rings (SSSR count). The van der Waals surface area contributed by atoms with E-state index in [1.165, 1.54) is 4.90 Å². The van der Waals surface area contributed by atoms with Crippen LogP contribution < -0.4 is 10.2 Å². The third-order valence-electron chi connectivity index (χ3n) is 4.73. The first-order chi connectivity index (χ1) is 12.9. The third-order valence-corrected chi connectivity index (χ3v) is 5.92. The van der Waals surface area contributed by atoms with Crippen LogP contribution in [0.15, 0.2) is 0 Å². The summed E-state index contributed by atoms with van der Waals surface area (Å²) in [5.41, 5.74) is 0.715. The van der Waals surface area contributed by atoms with Crippen LogP contribution in [-0.4, -0.2) is 50.7 Å². The lowest BCUT2D eigenvalue weighted by atomic mass is 9.99. The number of hydrogen-bond acceptors (Lipinski definition) is 6. The molecule has 150 valence electrons. The van der Waals surface area contributed by atoms with Gasteiger partial charge in [-0.25, -0.2) is 9.59 Å². The van der Waals surface area contributed by atoms with Gasteiger partial charge in [-0.3, -0.25) is 4.79 Å². The highest BCUT2D eigenvalue weighted by molar-refractivity contribution is 7.18. The number of likely N-dealkylation sites (tertiary alicyclic amines) is 1. The van der Waals surface area contributed by atoms with Crippen molar-refractivity contribution < 1.29 is 28.8 Å². The van der Waals surface area contributed by atoms with E-state index in [4.69, 9.17) is 9.47 Å². The Morgan fingerprint density at radius 3 is 2.30 bits per heavy atom. The predicted octanol–water partition coefficient (Wildman–Crippen LogP) is 1.66. The molecule has 0 aromatic carbocycles. The molecule has 0 spiro atoms. The molecule has 2 N–H and O–H groups in total. The highest BCUT2D eigenvalue weighted by Gasteiger charge is 2.28. The van der Waals surface area contributed by atoms with Crippen LogP contribution in [0.2, 0.25) is 0 Å². The summed E-state index contributed by atoms with van der Waals surface area (Å²) < 4.78 is 10.2. The average molecular weight is 398 g/mol. The average Bonchev–Trinajstić information content (AvgIpc) is 2.93. The molecule has 0 radical (unpaired) electrons. The van der Waals surface area contributed by atoms with Crippen LogP contribution in [0.4, 0.5) is 5.00 Å². The van der Waals surface area contributed by atoms with E-state index in [9.17, 15) is 14.4 Å². The third kappa shape index (κ3) is 5.52. The molecule has 1 aromatic rings. The van der Waals surface area contributed by atoms with Crippen molar-refractivity contribution >= 4 is 34.2 Å². The van der Waals surface area contributed by atoms with Gasteiger partial charge in [0.15, 0.2) is 6.54 Å². The predicted molar refractivity (Wildman–Crippen MR) is 104 cm³/mol. The summed E-state index contributed by atoms with van der Waals surface area (Å²) in [5, 5.41) is 3.17. The quantitative estimate of drug-likeness (QED) is 0.684. The molecule has 1 aliphatic heterocycles. The Labute approximate surface area is 164 Å². The number of nitrogens with one attached hydrogen (secondary N) is 2. The van der Waals surface area contributed by atoms with Gasteiger partial charge >= 0.3 is 11.9 Å². The molecule has 1 aliphatic rings. The number of ether oxygens (including phenoxy) is 2. The zero-order valence-electron chi connectivity index (χ0n) is 16.5. The van der Waals surface area contributed by atoms with Crippen molar-refractivity contribution in [3.8, 4) is 0 Å². The number of anilines is 1. The number of esters is 2. The maximum atomic E-state index is 12.5. The molecule has 0 saturated carbocycles. The fraction of sp³-hybridized carbons (Fsp3) is 0.632. The first kappa shape index (κ1) is 21.4. The zero-order chi connectivity index (χ0) is 20.0. The molecular weight excluding hydrogens is 368 g/mol. The molecule has 1 aromatic heterocycles. The van der Waals surface area contributed by atoms with Gasteiger partial charge in [-0.1, -0.05) is 6.92 Å². The van der Waals surface area contributed by atoms with E-state index >= 15 is 0 Å². The highest BCUT2D eigenvalue weighted by Crippen LogP contribution is 2.34. The highest BCUT2D eigenvalue weighted by atomic mass is 32.1. The van der Waals surface area contributed by atoms with Crippen LogP contribution in [0.5, 0.6) is 0 Å². The minimum Gasteiger partial charge on any atom is -0.462 e. The fourth-order valence-electron chi connectivity index (χ4n) is 3.19. The maximum absolute atomic E-state index is 12.5. The van der Waals surface area contributed by atoms with Gasteiger partial charge in [0, 0.05) is 0 Å². The van der Waals surface area contributed by atoms with Crippen LogP contribution in [0.1, 0.15) is 59.2 Å². The number of carbonyl (C=O) groups is 3. The second-order valence-corrected chi connectivity index (χ2v) is 7.88. The number of hydrogen-bond donors (Lipinski definition) is 2. The van der Waals surface area contributed by atoms with Crippen LogP contribution in [0.25, 0.3) is 0 Å². The normalized spacial score (nSPS) is 19.4. The SMILES string of the molecule is CCOC(=O)c1sc(NC(=O)C[NH+]2CCC(C)CC2)c(C(=O)OCC)c1C. The number of quaternary nitrogens is 1. The van der Waals surface area contributed by atoms with Crippen LogP contribution in [-0.2, 0) is 14.3 Å². The van der Waals surface area contributed by atoms with E-state index in [2.05, 4.69) is 12.2 Å². The van der Waals surface area contributed by atoms with Gasteiger partial charge < -0.3 is 19.7 Å². The Balaban J connectivity index is 2.17. The van der Waals surface area contributed by atoms with Gasteiger partial charge in [0.25, 0.3) is 5.91 Å². The summed E-state index contributed by atoms with van der Waals surface area (Å²) in [6, 6.07) is 0. The van der Waals surface area contributed by atoms with Crippen molar-refractivity contribution in [2.45, 2.75) is 40.5 Å². The lowest BCUT2D eigenvalue weighted by molar-refractivity contribution is -0.897. The topological polar surface area (TPSA) is 86.1 Å². The summed E-state index contributed by atoms with van der Waals surface area (Å²) >= 11 is 1.06. The van der Waals surface area contributed by atoms with Gasteiger partial charge in [-0.15, -0.1) is 11.3 Å². The summed E-state index contributed by atoms with van der Waals surface area (Å²) in [4.78, 5) is 38.6. The van der Waals surface area contributed by atoms with Gasteiger partial charge in [-0.2, -0.15) is 0 Å². The fourth-order valence-corrected chi connectivity index (χ4v) is 4.29. The van der Waals surface area contributed by atoms with Crippen molar-refractivity contribution in [1.82, 2.24) is 0 Å². The van der Waals surface area contributed by atoms with Crippen molar-refractivity contribution in [3.63, 3.8) is 0 Å². The molecule has 0 aliphatic carbocycles. The van der Waals surface area contributed by atoms with Crippen molar-refractivity contribution in [3.05, 3.63) is 16.0 Å². The number of rotatable bonds is 7. The van der Waals surface area contributed by atoms with Crippen molar-refractivity contribution in [1.29, 1.82) is 0 Å². The summed E-state index contributed by atoms with van der Waals surface area (Å²) in [5.74, 6) is -0.501. The monoisotopic (exact) mass is 397 g/mol. The lowest BCUT2D eigenvalue weighted by Crippen LogP contribution is -3.14. The van der Waals surface area contributed by atoms with E-state index in [1.54, 1.807) is 20.8 Å². The van der Waals surface area contributed by atoms with Crippen molar-refractivity contribution in [2.24, 2.45) is 5.92 Å². The number of thiophene rings is 1. The van der Waals surface area contributed by atoms with Crippen LogP contribution in [0, 0.1) is 12.8 Å². The molecule has 0 unspecified atom stereocenters. The Bertz CT molecular complexity index is 693. The number of amides is 1. The molecule has 0 bridgehead atoms. The molecule has 2 heterocycles. The zero-order valence-corrected chi connectivity index (χ0v) is 17.3. The van der Waals surface area contributed by atoms with Gasteiger partial charge in [0.2, 0.25) is 0 Å². The van der Waals surface area contributed by atoms with E-state index in [0.29, 0.717) is 27.9 Å². The van der Waals surface area contributed by atoms with Gasteiger partial charge in [0.05, 0.1) is 31.9 Å². The van der Waals surface area contributed by atoms with Crippen LogP contribution in [0.3, 0.4) is 0 Å². The minimum absolute atomic E-state index is 0.165. The smallest absolute Gasteiger partial charge is 0.348 e. The van der Waals surface area contributed by atoms with E-state index in [0.717, 1.165) is 37.3 Å². The number of carbonyl (C=O) groups excluding carboxylic acids is 3. The molecular formula is C19H29N2O5S+. The molecule has 7 nitrogen and oxygen atoms in total. The molecule has 1 saturated heterocycles. The van der Waals surface area contributed by atoms with Crippen molar-refractivity contribution in [2.75, 3.05) is 38.2 Å². The Morgan fingerprint density at radius 1 is 1.11 bits per heavy atom. The van der Waals surface area contributed by atoms with Gasteiger partial charge in [-0.05, 0) is 45.1 Å². The standard InChI is InChI=1S/C19H28N2O5S/c1-5-25-18(23)15-13(4)16(19(24)26-6-2)27-17(15)20-14(22)11-21-9-7-12(3)8-10-21/h12H,5-11H2,1-4H3,(H,20,22)/p+1. The Hall–Kier alpha value is -1.93. The summed E-state index contributed by atoms with van der Waals surface area (Å²) in [6.07, 6.45) is 2.23. The first-order valence-electron chi connectivity index (χ1n) is 9.48. The van der Waals surface area contributed by atoms with E-state index in [-0.39, 0.29) is 24.7 Å². The molecule has 8 heteroatoms. The van der Waals surface area contributed by atoms with Crippen LogP contribution >= 0.6 is 11.3 Å². The Kier molecular flexibility index (Phi) is 7.79. The second kappa shape index (κ2) is 9.85. The lowest BCUT2D eigenvalue weighted by Gasteiger charge is -2.26. The maximum Gasteiger partial charge on any atom is 0.348 e. The Morgan fingerprint density at radius 2 is 1.70 bits per heavy atom. The molecule has 0 atom stereocenters. The van der Waals surface area contributed by atoms with E-state index in [1.807, 2.05) is 0 Å². The summed E-state index contributed by atoms with van der Waals surface area (Å²) in [6.45, 7) is 10.1. The molecule has 27 heavy (non-hydrogen) atoms. The molecule has 1 fully saturated rings. The molecule has 1 amide bonds. The minimum atomic E-state index is -0.545.